The molecule has 1 heterocycles. The predicted octanol–water partition coefficient (Wildman–Crippen LogP) is 1.53. The first kappa shape index (κ1) is 18.7. The van der Waals surface area contributed by atoms with Crippen LogP contribution in [0.15, 0.2) is 28.8 Å². The Morgan fingerprint density at radius 2 is 2.17 bits per heavy atom. The molecule has 130 valence electrons. The Labute approximate surface area is 150 Å². The molecule has 0 aliphatic heterocycles. The molecule has 3 rings (SSSR count). The molecule has 3 atom stereocenters. The molecule has 1 saturated carbocycles. The van der Waals surface area contributed by atoms with Crippen molar-refractivity contribution in [2.24, 2.45) is 11.7 Å². The number of nitrogens with two attached hydrogens (primary N) is 1. The van der Waals surface area contributed by atoms with Crippen LogP contribution in [0.3, 0.4) is 0 Å². The van der Waals surface area contributed by atoms with Gasteiger partial charge in [0.05, 0.1) is 17.7 Å². The summed E-state index contributed by atoms with van der Waals surface area (Å²) in [7, 11) is 0. The number of hydrogen-bond donors (Lipinski definition) is 3. The average Bonchev–Trinajstić information content (AvgIpc) is 3.13. The third kappa shape index (κ3) is 4.05. The Morgan fingerprint density at radius 1 is 1.42 bits per heavy atom. The number of aromatic nitrogens is 2. The van der Waals surface area contributed by atoms with Crippen LogP contribution in [0.5, 0.6) is 0 Å². The molecule has 0 spiro atoms. The zero-order chi connectivity index (χ0) is 16.4. The van der Waals surface area contributed by atoms with Crippen molar-refractivity contribution in [3.8, 4) is 11.4 Å². The van der Waals surface area contributed by atoms with E-state index in [1.54, 1.807) is 12.1 Å². The summed E-state index contributed by atoms with van der Waals surface area (Å²) in [6.07, 6.45) is 0.227. The van der Waals surface area contributed by atoms with E-state index in [4.69, 9.17) is 21.9 Å². The van der Waals surface area contributed by atoms with Gasteiger partial charge < -0.3 is 20.7 Å². The fraction of sp³-hybridized carbons (Fsp3) is 0.400. The van der Waals surface area contributed by atoms with Gasteiger partial charge in [-0.2, -0.15) is 4.98 Å². The Morgan fingerprint density at radius 3 is 2.83 bits per heavy atom. The molecule has 1 aromatic carbocycles. The monoisotopic (exact) mass is 372 g/mol. The number of aliphatic hydroxyl groups excluding tert-OH is 1. The molecule has 0 bridgehead atoms. The van der Waals surface area contributed by atoms with Crippen LogP contribution in [0.1, 0.15) is 18.7 Å². The van der Waals surface area contributed by atoms with E-state index < -0.39 is 6.10 Å². The molecule has 1 aliphatic carbocycles. The molecule has 2 aromatic rings. The number of aliphatic hydroxyl groups is 1. The highest BCUT2D eigenvalue weighted by Crippen LogP contribution is 2.26. The largest absolute Gasteiger partial charge is 0.391 e. The van der Waals surface area contributed by atoms with E-state index in [0.717, 1.165) is 0 Å². The van der Waals surface area contributed by atoms with Gasteiger partial charge in [-0.3, -0.25) is 4.79 Å². The molecule has 0 radical (unpaired) electrons. The van der Waals surface area contributed by atoms with Crippen molar-refractivity contribution in [3.05, 3.63) is 35.2 Å². The summed E-state index contributed by atoms with van der Waals surface area (Å²) in [5, 5.41) is 16.7. The molecule has 24 heavy (non-hydrogen) atoms. The normalized spacial score (nSPS) is 22.9. The van der Waals surface area contributed by atoms with Crippen molar-refractivity contribution < 1.29 is 14.4 Å². The lowest BCUT2D eigenvalue weighted by Gasteiger charge is -2.08. The molecule has 1 aromatic heterocycles. The lowest BCUT2D eigenvalue weighted by molar-refractivity contribution is -0.125. The first-order valence-corrected chi connectivity index (χ1v) is 7.71. The second kappa shape index (κ2) is 7.94. The molecular formula is C15H18Cl2N4O3. The highest BCUT2D eigenvalue weighted by molar-refractivity contribution is 6.33. The van der Waals surface area contributed by atoms with Gasteiger partial charge in [0.25, 0.3) is 0 Å². The van der Waals surface area contributed by atoms with Gasteiger partial charge >= 0.3 is 0 Å². The molecule has 1 aliphatic rings. The summed E-state index contributed by atoms with van der Waals surface area (Å²) in [6, 6.07) is 6.82. The van der Waals surface area contributed by atoms with Crippen molar-refractivity contribution >= 4 is 29.9 Å². The maximum atomic E-state index is 12.1. The van der Waals surface area contributed by atoms with E-state index in [-0.39, 0.29) is 42.7 Å². The highest BCUT2D eigenvalue weighted by atomic mass is 35.5. The molecule has 4 N–H and O–H groups in total. The molecule has 7 nitrogen and oxygen atoms in total. The first-order valence-electron chi connectivity index (χ1n) is 7.33. The van der Waals surface area contributed by atoms with Gasteiger partial charge in [-0.15, -0.1) is 12.4 Å². The Balaban J connectivity index is 0.00000208. The summed E-state index contributed by atoms with van der Waals surface area (Å²) in [4.78, 5) is 16.3. The van der Waals surface area contributed by atoms with Crippen molar-refractivity contribution in [2.75, 3.05) is 0 Å². The lowest BCUT2D eigenvalue weighted by atomic mass is 10.1. The van der Waals surface area contributed by atoms with Crippen LogP contribution in [-0.2, 0) is 11.3 Å². The van der Waals surface area contributed by atoms with E-state index in [1.807, 2.05) is 12.1 Å². The van der Waals surface area contributed by atoms with Gasteiger partial charge in [-0.25, -0.2) is 0 Å². The van der Waals surface area contributed by atoms with Crippen LogP contribution >= 0.6 is 24.0 Å². The van der Waals surface area contributed by atoms with E-state index in [1.165, 1.54) is 0 Å². The van der Waals surface area contributed by atoms with Gasteiger partial charge in [0.15, 0.2) is 0 Å². The third-order valence-corrected chi connectivity index (χ3v) is 4.27. The summed E-state index contributed by atoms with van der Waals surface area (Å²) < 4.78 is 5.12. The number of carbonyl (C=O) groups is 1. The second-order valence-electron chi connectivity index (χ2n) is 5.61. The van der Waals surface area contributed by atoms with Crippen LogP contribution in [0, 0.1) is 5.92 Å². The van der Waals surface area contributed by atoms with Gasteiger partial charge in [0, 0.05) is 17.5 Å². The van der Waals surface area contributed by atoms with Gasteiger partial charge in [-0.05, 0) is 25.0 Å². The molecule has 0 unspecified atom stereocenters. The second-order valence-corrected chi connectivity index (χ2v) is 6.02. The van der Waals surface area contributed by atoms with E-state index in [9.17, 15) is 9.90 Å². The van der Waals surface area contributed by atoms with E-state index >= 15 is 0 Å². The van der Waals surface area contributed by atoms with E-state index in [2.05, 4.69) is 15.5 Å². The van der Waals surface area contributed by atoms with Crippen LogP contribution in [0.25, 0.3) is 11.4 Å². The summed E-state index contributed by atoms with van der Waals surface area (Å²) >= 11 is 6.08. The zero-order valence-electron chi connectivity index (χ0n) is 12.7. The van der Waals surface area contributed by atoms with Gasteiger partial charge in [0.2, 0.25) is 17.6 Å². The van der Waals surface area contributed by atoms with Crippen LogP contribution < -0.4 is 11.1 Å². The van der Waals surface area contributed by atoms with Crippen LogP contribution in [-0.4, -0.2) is 33.3 Å². The van der Waals surface area contributed by atoms with Crippen LogP contribution in [0.2, 0.25) is 5.02 Å². The van der Waals surface area contributed by atoms with Gasteiger partial charge in [0.1, 0.15) is 0 Å². The quantitative estimate of drug-likeness (QED) is 0.749. The summed E-state index contributed by atoms with van der Waals surface area (Å²) in [5.74, 6) is 0.203. The Hall–Kier alpha value is -1.67. The van der Waals surface area contributed by atoms with Crippen molar-refractivity contribution in [2.45, 2.75) is 31.5 Å². The lowest BCUT2D eigenvalue weighted by Crippen LogP contribution is -2.30. The van der Waals surface area contributed by atoms with Gasteiger partial charge in [-0.1, -0.05) is 28.9 Å². The third-order valence-electron chi connectivity index (χ3n) is 3.94. The minimum absolute atomic E-state index is 0. The number of amides is 1. The van der Waals surface area contributed by atoms with E-state index in [0.29, 0.717) is 29.3 Å². The smallest absolute Gasteiger partial charge is 0.246 e. The molecule has 1 fully saturated rings. The minimum Gasteiger partial charge on any atom is -0.391 e. The molecular weight excluding hydrogens is 355 g/mol. The molecule has 1 amide bonds. The maximum Gasteiger partial charge on any atom is 0.246 e. The number of nitrogens with zero attached hydrogens (tertiary/aromatic N) is 2. The Bertz CT molecular complexity index is 700. The Kier molecular flexibility index (Phi) is 6.17. The number of nitrogens with one attached hydrogen (secondary N) is 1. The number of halogens is 2. The highest BCUT2D eigenvalue weighted by Gasteiger charge is 2.34. The topological polar surface area (TPSA) is 114 Å². The summed E-state index contributed by atoms with van der Waals surface area (Å²) in [6.45, 7) is 0.123. The zero-order valence-corrected chi connectivity index (χ0v) is 14.3. The summed E-state index contributed by atoms with van der Waals surface area (Å²) in [5.41, 5.74) is 6.38. The average molecular weight is 373 g/mol. The SMILES string of the molecule is Cl.N[C@@H]1C[C@H](C(=O)NCc2nc(-c3ccccc3Cl)no2)C[C@H]1O. The standard InChI is InChI=1S/C15H17ClN4O3.ClH/c16-10-4-2-1-3-9(10)14-19-13(23-20-14)7-18-15(22)8-5-11(17)12(21)6-8;/h1-4,8,11-12,21H,5-7,17H2,(H,18,22);1H/t8-,11+,12+;/m0./s1. The first-order chi connectivity index (χ1) is 11.0. The molecule has 0 saturated heterocycles. The predicted molar refractivity (Wildman–Crippen MR) is 90.5 cm³/mol. The fourth-order valence-electron chi connectivity index (χ4n) is 2.65. The minimum atomic E-state index is -0.624. The van der Waals surface area contributed by atoms with Crippen molar-refractivity contribution in [1.29, 1.82) is 0 Å². The number of carbonyl (C=O) groups excluding carboxylic acids is 1. The van der Waals surface area contributed by atoms with Crippen LogP contribution in [0.4, 0.5) is 0 Å². The van der Waals surface area contributed by atoms with Crippen molar-refractivity contribution in [3.63, 3.8) is 0 Å². The number of rotatable bonds is 4. The van der Waals surface area contributed by atoms with Crippen molar-refractivity contribution in [1.82, 2.24) is 15.5 Å². The maximum absolute atomic E-state index is 12.1. The number of benzene rings is 1. The fourth-order valence-corrected chi connectivity index (χ4v) is 2.87. The number of hydrogen-bond acceptors (Lipinski definition) is 6. The molecule has 9 heteroatoms.